The average molecular weight is 168 g/mol. The molecular formula is C7H8N2O3. The quantitative estimate of drug-likeness (QED) is 0.699. The molecular weight excluding hydrogens is 160 g/mol. The first-order valence-electron chi connectivity index (χ1n) is 3.19. The lowest BCUT2D eigenvalue weighted by Crippen LogP contribution is -2.16. The average Bonchev–Trinajstić information content (AvgIpc) is 2.04. The van der Waals surface area contributed by atoms with Crippen molar-refractivity contribution >= 4 is 6.09 Å². The normalized spacial score (nSPS) is 9.08. The Balaban J connectivity index is 2.89. The number of amides is 1. The second kappa shape index (κ2) is 3.56. The van der Waals surface area contributed by atoms with Gasteiger partial charge < -0.3 is 15.2 Å². The summed E-state index contributed by atoms with van der Waals surface area (Å²) in [6.07, 6.45) is 2.03. The van der Waals surface area contributed by atoms with E-state index in [1.807, 2.05) is 0 Å². The Kier molecular flexibility index (Phi) is 2.47. The molecule has 12 heavy (non-hydrogen) atoms. The van der Waals surface area contributed by atoms with E-state index in [1.165, 1.54) is 25.6 Å². The molecule has 0 aromatic carbocycles. The first-order valence-corrected chi connectivity index (χ1v) is 3.19. The molecule has 1 rings (SSSR count). The third-order valence-electron chi connectivity index (χ3n) is 1.18. The van der Waals surface area contributed by atoms with Gasteiger partial charge in [0.15, 0.2) is 11.5 Å². The lowest BCUT2D eigenvalue weighted by Gasteiger charge is -2.04. The number of methoxy groups -OCH3 is 1. The number of primary amides is 1. The van der Waals surface area contributed by atoms with Gasteiger partial charge in [-0.3, -0.25) is 4.98 Å². The van der Waals surface area contributed by atoms with E-state index in [1.54, 1.807) is 0 Å². The Morgan fingerprint density at radius 2 is 2.33 bits per heavy atom. The first-order chi connectivity index (χ1) is 5.74. The molecule has 0 aliphatic carbocycles. The fraction of sp³-hybridized carbons (Fsp3) is 0.143. The van der Waals surface area contributed by atoms with Crippen LogP contribution >= 0.6 is 0 Å². The Bertz CT molecular complexity index is 288. The second-order valence-electron chi connectivity index (χ2n) is 1.95. The van der Waals surface area contributed by atoms with Crippen molar-refractivity contribution in [3.8, 4) is 11.5 Å². The van der Waals surface area contributed by atoms with Gasteiger partial charge in [0.1, 0.15) is 0 Å². The first kappa shape index (κ1) is 8.32. The number of carbonyl (C=O) groups is 1. The van der Waals surface area contributed by atoms with Crippen LogP contribution in [0.4, 0.5) is 4.79 Å². The van der Waals surface area contributed by atoms with E-state index in [0.717, 1.165) is 0 Å². The minimum absolute atomic E-state index is 0.264. The number of ether oxygens (including phenoxy) is 2. The molecule has 1 heterocycles. The van der Waals surface area contributed by atoms with Gasteiger partial charge in [0.2, 0.25) is 0 Å². The molecule has 0 aliphatic rings. The van der Waals surface area contributed by atoms with Crippen molar-refractivity contribution in [1.82, 2.24) is 4.98 Å². The van der Waals surface area contributed by atoms with Gasteiger partial charge in [-0.1, -0.05) is 0 Å². The summed E-state index contributed by atoms with van der Waals surface area (Å²) in [6, 6.07) is 1.49. The van der Waals surface area contributed by atoms with Crippen molar-refractivity contribution in [3.05, 3.63) is 18.5 Å². The number of nitrogens with zero attached hydrogens (tertiary/aromatic N) is 1. The summed E-state index contributed by atoms with van der Waals surface area (Å²) >= 11 is 0. The van der Waals surface area contributed by atoms with Crippen molar-refractivity contribution in [2.45, 2.75) is 0 Å². The maximum atomic E-state index is 10.4. The van der Waals surface area contributed by atoms with Gasteiger partial charge in [-0.15, -0.1) is 0 Å². The van der Waals surface area contributed by atoms with Crippen LogP contribution in [0.5, 0.6) is 11.5 Å². The topological polar surface area (TPSA) is 74.4 Å². The van der Waals surface area contributed by atoms with Gasteiger partial charge in [-0.25, -0.2) is 4.79 Å². The fourth-order valence-electron chi connectivity index (χ4n) is 0.713. The predicted molar refractivity (Wildman–Crippen MR) is 41.0 cm³/mol. The SMILES string of the molecule is COc1cnccc1OC(N)=O. The molecule has 5 nitrogen and oxygen atoms in total. The minimum Gasteiger partial charge on any atom is -0.491 e. The molecule has 1 aromatic heterocycles. The van der Waals surface area contributed by atoms with Crippen LogP contribution in [0.2, 0.25) is 0 Å². The summed E-state index contributed by atoms with van der Waals surface area (Å²) in [6.45, 7) is 0. The van der Waals surface area contributed by atoms with Gasteiger partial charge in [-0.2, -0.15) is 0 Å². The number of aromatic nitrogens is 1. The molecule has 5 heteroatoms. The van der Waals surface area contributed by atoms with Crippen LogP contribution in [-0.4, -0.2) is 18.2 Å². The Morgan fingerprint density at radius 3 is 2.92 bits per heavy atom. The standard InChI is InChI=1S/C7H8N2O3/c1-11-6-4-9-3-2-5(6)12-7(8)10/h2-4H,1H3,(H2,8,10). The maximum Gasteiger partial charge on any atom is 0.410 e. The highest BCUT2D eigenvalue weighted by Gasteiger charge is 2.05. The molecule has 0 saturated heterocycles. The number of hydrogen-bond acceptors (Lipinski definition) is 4. The van der Waals surface area contributed by atoms with Crippen molar-refractivity contribution < 1.29 is 14.3 Å². The summed E-state index contributed by atoms with van der Waals surface area (Å²) in [4.78, 5) is 14.1. The van der Waals surface area contributed by atoms with Gasteiger partial charge in [-0.05, 0) is 0 Å². The third-order valence-corrected chi connectivity index (χ3v) is 1.18. The van der Waals surface area contributed by atoms with E-state index in [2.05, 4.69) is 9.72 Å². The molecule has 0 fully saturated rings. The Hall–Kier alpha value is -1.78. The molecule has 0 aliphatic heterocycles. The number of nitrogens with two attached hydrogens (primary N) is 1. The van der Waals surface area contributed by atoms with Crippen LogP contribution in [0.3, 0.4) is 0 Å². The third kappa shape index (κ3) is 1.85. The summed E-state index contributed by atoms with van der Waals surface area (Å²) in [5.41, 5.74) is 4.81. The second-order valence-corrected chi connectivity index (χ2v) is 1.95. The van der Waals surface area contributed by atoms with E-state index in [-0.39, 0.29) is 5.75 Å². The van der Waals surface area contributed by atoms with Crippen LogP contribution in [0, 0.1) is 0 Å². The van der Waals surface area contributed by atoms with Gasteiger partial charge in [0.05, 0.1) is 13.3 Å². The lowest BCUT2D eigenvalue weighted by atomic mass is 10.4. The summed E-state index contributed by atoms with van der Waals surface area (Å²) in [7, 11) is 1.45. The van der Waals surface area contributed by atoms with E-state index >= 15 is 0 Å². The monoisotopic (exact) mass is 168 g/mol. The minimum atomic E-state index is -0.875. The van der Waals surface area contributed by atoms with Crippen LogP contribution in [0.1, 0.15) is 0 Å². The van der Waals surface area contributed by atoms with Crippen molar-refractivity contribution in [2.75, 3.05) is 7.11 Å². The van der Waals surface area contributed by atoms with Crippen LogP contribution in [0.25, 0.3) is 0 Å². The highest BCUT2D eigenvalue weighted by Crippen LogP contribution is 2.24. The predicted octanol–water partition coefficient (Wildman–Crippen LogP) is 0.548. The van der Waals surface area contributed by atoms with Crippen LogP contribution < -0.4 is 15.2 Å². The molecule has 0 unspecified atom stereocenters. The highest BCUT2D eigenvalue weighted by atomic mass is 16.6. The summed E-state index contributed by atoms with van der Waals surface area (Å²) in [5.74, 6) is 0.635. The zero-order chi connectivity index (χ0) is 8.97. The van der Waals surface area contributed by atoms with Crippen LogP contribution in [0.15, 0.2) is 18.5 Å². The fourth-order valence-corrected chi connectivity index (χ4v) is 0.713. The number of pyridine rings is 1. The molecule has 0 saturated carbocycles. The maximum absolute atomic E-state index is 10.4. The van der Waals surface area contributed by atoms with E-state index in [4.69, 9.17) is 10.5 Å². The van der Waals surface area contributed by atoms with Gasteiger partial charge in [0.25, 0.3) is 0 Å². The largest absolute Gasteiger partial charge is 0.491 e. The highest BCUT2D eigenvalue weighted by molar-refractivity contribution is 5.69. The Labute approximate surface area is 69.1 Å². The van der Waals surface area contributed by atoms with Crippen molar-refractivity contribution in [2.24, 2.45) is 5.73 Å². The molecule has 64 valence electrons. The molecule has 0 spiro atoms. The molecule has 0 atom stereocenters. The number of rotatable bonds is 2. The zero-order valence-corrected chi connectivity index (χ0v) is 6.48. The zero-order valence-electron chi connectivity index (χ0n) is 6.48. The van der Waals surface area contributed by atoms with E-state index in [0.29, 0.717) is 5.75 Å². The smallest absolute Gasteiger partial charge is 0.410 e. The number of hydrogen-bond donors (Lipinski definition) is 1. The van der Waals surface area contributed by atoms with E-state index in [9.17, 15) is 4.79 Å². The molecule has 1 amide bonds. The number of carbonyl (C=O) groups excluding carboxylic acids is 1. The molecule has 1 aromatic rings. The van der Waals surface area contributed by atoms with Crippen molar-refractivity contribution in [1.29, 1.82) is 0 Å². The van der Waals surface area contributed by atoms with Gasteiger partial charge >= 0.3 is 6.09 Å². The van der Waals surface area contributed by atoms with Crippen molar-refractivity contribution in [3.63, 3.8) is 0 Å². The van der Waals surface area contributed by atoms with Gasteiger partial charge in [0, 0.05) is 12.3 Å². The summed E-state index contributed by atoms with van der Waals surface area (Å²) < 4.78 is 9.46. The lowest BCUT2D eigenvalue weighted by molar-refractivity contribution is 0.208. The summed E-state index contributed by atoms with van der Waals surface area (Å²) in [5, 5.41) is 0. The van der Waals surface area contributed by atoms with Crippen LogP contribution in [-0.2, 0) is 0 Å². The molecule has 2 N–H and O–H groups in total. The molecule has 0 radical (unpaired) electrons. The van der Waals surface area contributed by atoms with E-state index < -0.39 is 6.09 Å². The Morgan fingerprint density at radius 1 is 1.58 bits per heavy atom. The molecule has 0 bridgehead atoms.